The third kappa shape index (κ3) is 4.23. The van der Waals surface area contributed by atoms with E-state index in [0.717, 1.165) is 30.1 Å². The molecule has 1 aliphatic carbocycles. The summed E-state index contributed by atoms with van der Waals surface area (Å²) in [6.45, 7) is 2.23. The molecule has 0 saturated heterocycles. The minimum absolute atomic E-state index is 0.269. The molecular weight excluding hydrogens is 264 g/mol. The first-order valence-corrected chi connectivity index (χ1v) is 7.99. The SMILES string of the molecule is CCC1CCC(C(Cc2cccc(OC)c2)C(=O)O)CC1. The minimum Gasteiger partial charge on any atom is -0.497 e. The predicted molar refractivity (Wildman–Crippen MR) is 83.6 cm³/mol. The van der Waals surface area contributed by atoms with Crippen LogP contribution in [-0.4, -0.2) is 18.2 Å². The second-order valence-corrected chi connectivity index (χ2v) is 6.19. The molecule has 116 valence electrons. The highest BCUT2D eigenvalue weighted by atomic mass is 16.5. The Labute approximate surface area is 127 Å². The zero-order valence-electron chi connectivity index (χ0n) is 13.0. The predicted octanol–water partition coefficient (Wildman–Crippen LogP) is 4.15. The molecule has 1 saturated carbocycles. The van der Waals surface area contributed by atoms with Crippen molar-refractivity contribution >= 4 is 5.97 Å². The third-order valence-corrected chi connectivity index (χ3v) is 4.94. The molecule has 21 heavy (non-hydrogen) atoms. The number of carboxylic acid groups (broad SMARTS) is 1. The van der Waals surface area contributed by atoms with Crippen LogP contribution in [0.3, 0.4) is 0 Å². The fourth-order valence-electron chi connectivity index (χ4n) is 3.51. The highest BCUT2D eigenvalue weighted by Crippen LogP contribution is 2.36. The molecular formula is C18H26O3. The summed E-state index contributed by atoms with van der Waals surface area (Å²) in [4.78, 5) is 11.7. The maximum absolute atomic E-state index is 11.7. The van der Waals surface area contributed by atoms with Gasteiger partial charge in [-0.15, -0.1) is 0 Å². The lowest BCUT2D eigenvalue weighted by Crippen LogP contribution is -2.29. The minimum atomic E-state index is -0.655. The number of benzene rings is 1. The van der Waals surface area contributed by atoms with Crippen molar-refractivity contribution in [3.05, 3.63) is 29.8 Å². The molecule has 0 amide bonds. The van der Waals surface area contributed by atoms with Crippen molar-refractivity contribution in [3.63, 3.8) is 0 Å². The van der Waals surface area contributed by atoms with E-state index in [4.69, 9.17) is 4.74 Å². The van der Waals surface area contributed by atoms with E-state index in [1.54, 1.807) is 7.11 Å². The van der Waals surface area contributed by atoms with Gasteiger partial charge >= 0.3 is 5.97 Å². The van der Waals surface area contributed by atoms with E-state index < -0.39 is 5.97 Å². The molecule has 0 aromatic heterocycles. The summed E-state index contributed by atoms with van der Waals surface area (Å²) in [5, 5.41) is 9.61. The number of hydrogen-bond acceptors (Lipinski definition) is 2. The van der Waals surface area contributed by atoms with Crippen LogP contribution in [-0.2, 0) is 11.2 Å². The second-order valence-electron chi connectivity index (χ2n) is 6.19. The summed E-state index contributed by atoms with van der Waals surface area (Å²) in [7, 11) is 1.64. The van der Waals surface area contributed by atoms with Crippen LogP contribution in [0.25, 0.3) is 0 Å². The highest BCUT2D eigenvalue weighted by Gasteiger charge is 2.31. The fraction of sp³-hybridized carbons (Fsp3) is 0.611. The maximum Gasteiger partial charge on any atom is 0.307 e. The Morgan fingerprint density at radius 1 is 1.33 bits per heavy atom. The van der Waals surface area contributed by atoms with Gasteiger partial charge in [-0.2, -0.15) is 0 Å². The molecule has 3 nitrogen and oxygen atoms in total. The van der Waals surface area contributed by atoms with Crippen LogP contribution >= 0.6 is 0 Å². The summed E-state index contributed by atoms with van der Waals surface area (Å²) < 4.78 is 5.22. The van der Waals surface area contributed by atoms with Crippen molar-refractivity contribution in [1.29, 1.82) is 0 Å². The first kappa shape index (κ1) is 15.9. The largest absolute Gasteiger partial charge is 0.497 e. The lowest BCUT2D eigenvalue weighted by molar-refractivity contribution is -0.144. The summed E-state index contributed by atoms with van der Waals surface area (Å²) >= 11 is 0. The molecule has 0 radical (unpaired) electrons. The van der Waals surface area contributed by atoms with Crippen molar-refractivity contribution in [1.82, 2.24) is 0 Å². The average molecular weight is 290 g/mol. The second kappa shape index (κ2) is 7.48. The van der Waals surface area contributed by atoms with Crippen molar-refractivity contribution in [3.8, 4) is 5.75 Å². The van der Waals surface area contributed by atoms with Crippen LogP contribution in [0.2, 0.25) is 0 Å². The van der Waals surface area contributed by atoms with Gasteiger partial charge in [-0.3, -0.25) is 4.79 Å². The number of carboxylic acids is 1. The van der Waals surface area contributed by atoms with Gasteiger partial charge in [0.1, 0.15) is 5.75 Å². The normalized spacial score (nSPS) is 23.5. The molecule has 1 fully saturated rings. The molecule has 0 aliphatic heterocycles. The van der Waals surface area contributed by atoms with E-state index in [-0.39, 0.29) is 5.92 Å². The molecule has 1 aromatic rings. The number of methoxy groups -OCH3 is 1. The Balaban J connectivity index is 2.04. The lowest BCUT2D eigenvalue weighted by atomic mass is 9.73. The van der Waals surface area contributed by atoms with Crippen LogP contribution in [0, 0.1) is 17.8 Å². The molecule has 2 rings (SSSR count). The van der Waals surface area contributed by atoms with E-state index in [0.29, 0.717) is 12.3 Å². The Kier molecular flexibility index (Phi) is 5.66. The number of ether oxygens (including phenoxy) is 1. The molecule has 1 unspecified atom stereocenters. The third-order valence-electron chi connectivity index (χ3n) is 4.94. The molecule has 1 N–H and O–H groups in total. The average Bonchev–Trinajstić information content (AvgIpc) is 2.52. The first-order chi connectivity index (χ1) is 10.1. The monoisotopic (exact) mass is 290 g/mol. The summed E-state index contributed by atoms with van der Waals surface area (Å²) in [6.07, 6.45) is 6.30. The maximum atomic E-state index is 11.7. The van der Waals surface area contributed by atoms with Crippen LogP contribution in [0.4, 0.5) is 0 Å². The zero-order chi connectivity index (χ0) is 15.2. The van der Waals surface area contributed by atoms with Gasteiger partial charge in [0.15, 0.2) is 0 Å². The van der Waals surface area contributed by atoms with Gasteiger partial charge < -0.3 is 9.84 Å². The fourth-order valence-corrected chi connectivity index (χ4v) is 3.51. The summed E-state index contributed by atoms with van der Waals surface area (Å²) in [6, 6.07) is 7.77. The van der Waals surface area contributed by atoms with Gasteiger partial charge in [0.25, 0.3) is 0 Å². The van der Waals surface area contributed by atoms with E-state index >= 15 is 0 Å². The Morgan fingerprint density at radius 3 is 2.62 bits per heavy atom. The van der Waals surface area contributed by atoms with Gasteiger partial charge in [-0.25, -0.2) is 0 Å². The molecule has 0 heterocycles. The van der Waals surface area contributed by atoms with E-state index in [1.165, 1.54) is 19.3 Å². The van der Waals surface area contributed by atoms with Crippen molar-refractivity contribution in [2.75, 3.05) is 7.11 Å². The quantitative estimate of drug-likeness (QED) is 0.856. The van der Waals surface area contributed by atoms with E-state index in [9.17, 15) is 9.90 Å². The summed E-state index contributed by atoms with van der Waals surface area (Å²) in [5.74, 6) is 0.989. The van der Waals surface area contributed by atoms with Crippen LogP contribution < -0.4 is 4.74 Å². The van der Waals surface area contributed by atoms with Crippen LogP contribution in [0.1, 0.15) is 44.6 Å². The Hall–Kier alpha value is -1.51. The highest BCUT2D eigenvalue weighted by molar-refractivity contribution is 5.70. The standard InChI is InChI=1S/C18H26O3/c1-3-13-7-9-15(10-8-13)17(18(19)20)12-14-5-4-6-16(11-14)21-2/h4-6,11,13,15,17H,3,7-10,12H2,1-2H3,(H,19,20). The molecule has 1 aromatic carbocycles. The summed E-state index contributed by atoms with van der Waals surface area (Å²) in [5.41, 5.74) is 1.05. The first-order valence-electron chi connectivity index (χ1n) is 7.99. The van der Waals surface area contributed by atoms with Gasteiger partial charge in [0.2, 0.25) is 0 Å². The van der Waals surface area contributed by atoms with Crippen molar-refractivity contribution < 1.29 is 14.6 Å². The van der Waals surface area contributed by atoms with Gasteiger partial charge in [-0.05, 0) is 48.8 Å². The van der Waals surface area contributed by atoms with Crippen molar-refractivity contribution in [2.24, 2.45) is 17.8 Å². The molecule has 3 heteroatoms. The molecule has 1 aliphatic rings. The van der Waals surface area contributed by atoms with Crippen LogP contribution in [0.5, 0.6) is 5.75 Å². The van der Waals surface area contributed by atoms with Crippen LogP contribution in [0.15, 0.2) is 24.3 Å². The van der Waals surface area contributed by atoms with E-state index in [1.807, 2.05) is 24.3 Å². The number of hydrogen-bond donors (Lipinski definition) is 1. The molecule has 0 bridgehead atoms. The number of aliphatic carboxylic acids is 1. The molecule has 1 atom stereocenters. The van der Waals surface area contributed by atoms with Gasteiger partial charge in [-0.1, -0.05) is 38.3 Å². The Bertz CT molecular complexity index is 461. The lowest BCUT2D eigenvalue weighted by Gasteiger charge is -2.31. The number of carbonyl (C=O) groups is 1. The van der Waals surface area contributed by atoms with Crippen molar-refractivity contribution in [2.45, 2.75) is 45.4 Å². The zero-order valence-corrected chi connectivity index (χ0v) is 13.0. The molecule has 0 spiro atoms. The topological polar surface area (TPSA) is 46.5 Å². The van der Waals surface area contributed by atoms with E-state index in [2.05, 4.69) is 6.92 Å². The van der Waals surface area contributed by atoms with Gasteiger partial charge in [0, 0.05) is 0 Å². The smallest absolute Gasteiger partial charge is 0.307 e. The Morgan fingerprint density at radius 2 is 2.05 bits per heavy atom. The number of rotatable bonds is 6. The van der Waals surface area contributed by atoms with Gasteiger partial charge in [0.05, 0.1) is 13.0 Å².